The van der Waals surface area contributed by atoms with Gasteiger partial charge in [0.15, 0.2) is 9.84 Å². The Labute approximate surface area is 176 Å². The van der Waals surface area contributed by atoms with Gasteiger partial charge in [0, 0.05) is 42.9 Å². The van der Waals surface area contributed by atoms with Crippen molar-refractivity contribution in [3.63, 3.8) is 0 Å². The van der Waals surface area contributed by atoms with E-state index in [1.54, 1.807) is 0 Å². The largest absolute Gasteiger partial charge is 0.373 e. The molecule has 2 aliphatic heterocycles. The maximum absolute atomic E-state index is 13.4. The summed E-state index contributed by atoms with van der Waals surface area (Å²) in [7, 11) is -7.32. The molecule has 0 amide bonds. The summed E-state index contributed by atoms with van der Waals surface area (Å²) in [6, 6.07) is 4.02. The van der Waals surface area contributed by atoms with Gasteiger partial charge in [-0.1, -0.05) is 0 Å². The molecule has 3 atom stereocenters. The molecule has 158 valence electrons. The maximum atomic E-state index is 13.4. The molecule has 0 bridgehead atoms. The molecule has 28 heavy (non-hydrogen) atoms. The van der Waals surface area contributed by atoms with Gasteiger partial charge >= 0.3 is 0 Å². The van der Waals surface area contributed by atoms with E-state index in [-0.39, 0.29) is 28.0 Å². The van der Waals surface area contributed by atoms with Gasteiger partial charge in [0.2, 0.25) is 10.0 Å². The van der Waals surface area contributed by atoms with Gasteiger partial charge in [0.25, 0.3) is 0 Å². The number of nitrogens with zero attached hydrogens (tertiary/aromatic N) is 2. The lowest BCUT2D eigenvalue weighted by Crippen LogP contribution is -2.50. The van der Waals surface area contributed by atoms with Crippen LogP contribution in [0.1, 0.15) is 26.7 Å². The molecule has 2 heterocycles. The second kappa shape index (κ2) is 8.31. The summed E-state index contributed by atoms with van der Waals surface area (Å²) in [6.45, 7) is 6.71. The summed E-state index contributed by atoms with van der Waals surface area (Å²) in [5.41, 5.74) is 0. The molecule has 7 nitrogen and oxygen atoms in total. The number of hydrogen-bond acceptors (Lipinski definition) is 6. The van der Waals surface area contributed by atoms with Gasteiger partial charge in [-0.2, -0.15) is 4.31 Å². The fourth-order valence-electron chi connectivity index (χ4n) is 4.08. The average molecular weight is 495 g/mol. The molecule has 0 aliphatic carbocycles. The van der Waals surface area contributed by atoms with E-state index in [0.717, 1.165) is 32.2 Å². The van der Waals surface area contributed by atoms with E-state index in [4.69, 9.17) is 4.74 Å². The van der Waals surface area contributed by atoms with Crippen molar-refractivity contribution in [1.29, 1.82) is 0 Å². The van der Waals surface area contributed by atoms with Crippen molar-refractivity contribution in [2.24, 2.45) is 0 Å². The van der Waals surface area contributed by atoms with Crippen molar-refractivity contribution in [3.8, 4) is 0 Å². The van der Waals surface area contributed by atoms with Crippen LogP contribution in [0.3, 0.4) is 0 Å². The normalized spacial score (nSPS) is 27.9. The van der Waals surface area contributed by atoms with Gasteiger partial charge in [0.05, 0.1) is 22.0 Å². The van der Waals surface area contributed by atoms with Crippen LogP contribution < -0.4 is 0 Å². The zero-order chi connectivity index (χ0) is 20.7. The Morgan fingerprint density at radius 2 is 1.79 bits per heavy atom. The number of sulfone groups is 1. The molecule has 3 rings (SSSR count). The van der Waals surface area contributed by atoms with Crippen LogP contribution in [0.5, 0.6) is 0 Å². The summed E-state index contributed by atoms with van der Waals surface area (Å²) >= 11 is 3.29. The van der Waals surface area contributed by atoms with Crippen LogP contribution in [0.4, 0.5) is 0 Å². The Kier molecular flexibility index (Phi) is 6.58. The number of ether oxygens (including phenoxy) is 1. The van der Waals surface area contributed by atoms with E-state index in [2.05, 4.69) is 20.8 Å². The van der Waals surface area contributed by atoms with Gasteiger partial charge in [-0.15, -0.1) is 0 Å². The average Bonchev–Trinajstić information content (AvgIpc) is 3.02. The molecule has 10 heteroatoms. The molecular weight excluding hydrogens is 468 g/mol. The Bertz CT molecular complexity index is 925. The molecule has 2 fully saturated rings. The zero-order valence-corrected chi connectivity index (χ0v) is 19.6. The smallest absolute Gasteiger partial charge is 0.244 e. The lowest BCUT2D eigenvalue weighted by molar-refractivity contribution is -0.0707. The molecule has 1 aromatic rings. The van der Waals surface area contributed by atoms with Gasteiger partial charge in [-0.3, -0.25) is 4.90 Å². The Morgan fingerprint density at radius 1 is 1.14 bits per heavy atom. The van der Waals surface area contributed by atoms with Crippen LogP contribution in [-0.4, -0.2) is 76.7 Å². The van der Waals surface area contributed by atoms with E-state index in [1.165, 1.54) is 22.5 Å². The second-order valence-electron chi connectivity index (χ2n) is 7.75. The maximum Gasteiger partial charge on any atom is 0.244 e. The Hall–Kier alpha value is -0.520. The first-order valence-corrected chi connectivity index (χ1v) is 13.5. The molecule has 1 aromatic carbocycles. The summed E-state index contributed by atoms with van der Waals surface area (Å²) in [5, 5.41) is 0. The first-order valence-electron chi connectivity index (χ1n) is 9.37. The number of benzene rings is 1. The lowest BCUT2D eigenvalue weighted by Gasteiger charge is -2.38. The SMILES string of the molecule is C[C@@H]1CN(C[C@H]2CCCN2S(=O)(=O)c2cc(S(C)(=O)=O)ccc2Br)C[C@@H](C)O1. The molecule has 0 saturated carbocycles. The van der Waals surface area contributed by atoms with Crippen LogP contribution in [0.25, 0.3) is 0 Å². The van der Waals surface area contributed by atoms with Crippen molar-refractivity contribution in [2.45, 2.75) is 54.7 Å². The zero-order valence-electron chi connectivity index (χ0n) is 16.3. The number of halogens is 1. The van der Waals surface area contributed by atoms with Gasteiger partial charge in [0.1, 0.15) is 0 Å². The third kappa shape index (κ3) is 4.79. The van der Waals surface area contributed by atoms with Gasteiger partial charge in [-0.25, -0.2) is 16.8 Å². The first kappa shape index (κ1) is 22.2. The quantitative estimate of drug-likeness (QED) is 0.623. The third-order valence-electron chi connectivity index (χ3n) is 5.20. The Morgan fingerprint density at radius 3 is 2.39 bits per heavy atom. The molecule has 0 unspecified atom stereocenters. The minimum atomic E-state index is -3.82. The summed E-state index contributed by atoms with van der Waals surface area (Å²) < 4.78 is 58.2. The monoisotopic (exact) mass is 494 g/mol. The van der Waals surface area contributed by atoms with E-state index in [1.807, 2.05) is 13.8 Å². The number of morpholine rings is 1. The molecule has 2 saturated heterocycles. The fourth-order valence-corrected chi connectivity index (χ4v) is 7.44. The highest BCUT2D eigenvalue weighted by Gasteiger charge is 2.38. The van der Waals surface area contributed by atoms with E-state index in [0.29, 0.717) is 17.6 Å². The highest BCUT2D eigenvalue weighted by atomic mass is 79.9. The van der Waals surface area contributed by atoms with E-state index in [9.17, 15) is 16.8 Å². The summed E-state index contributed by atoms with van der Waals surface area (Å²) in [5.74, 6) is 0. The summed E-state index contributed by atoms with van der Waals surface area (Å²) in [6.07, 6.45) is 2.91. The molecular formula is C18H27BrN2O5S2. The van der Waals surface area contributed by atoms with Gasteiger partial charge < -0.3 is 4.74 Å². The Balaban J connectivity index is 1.87. The van der Waals surface area contributed by atoms with Crippen molar-refractivity contribution < 1.29 is 21.6 Å². The third-order valence-corrected chi connectivity index (χ3v) is 9.26. The van der Waals surface area contributed by atoms with Crippen molar-refractivity contribution in [1.82, 2.24) is 9.21 Å². The van der Waals surface area contributed by atoms with Crippen molar-refractivity contribution in [3.05, 3.63) is 22.7 Å². The molecule has 0 radical (unpaired) electrons. The molecule has 0 aromatic heterocycles. The number of rotatable bonds is 5. The fraction of sp³-hybridized carbons (Fsp3) is 0.667. The highest BCUT2D eigenvalue weighted by Crippen LogP contribution is 2.32. The van der Waals surface area contributed by atoms with E-state index < -0.39 is 19.9 Å². The van der Waals surface area contributed by atoms with Crippen LogP contribution in [-0.2, 0) is 24.6 Å². The summed E-state index contributed by atoms with van der Waals surface area (Å²) in [4.78, 5) is 2.27. The van der Waals surface area contributed by atoms with E-state index >= 15 is 0 Å². The minimum absolute atomic E-state index is 0.000788. The number of hydrogen-bond donors (Lipinski definition) is 0. The van der Waals surface area contributed by atoms with Crippen LogP contribution in [0.2, 0.25) is 0 Å². The van der Waals surface area contributed by atoms with Crippen LogP contribution >= 0.6 is 15.9 Å². The standard InChI is InChI=1S/C18H27BrN2O5S2/c1-13-10-20(11-14(2)26-13)12-15-5-4-8-21(15)28(24,25)18-9-16(27(3,22)23)6-7-17(18)19/h6-7,9,13-15H,4-5,8,10-12H2,1-3H3/t13-,14-,15-/m1/s1. The van der Waals surface area contributed by atoms with Gasteiger partial charge in [-0.05, 0) is 60.8 Å². The predicted molar refractivity (Wildman–Crippen MR) is 111 cm³/mol. The van der Waals surface area contributed by atoms with Crippen LogP contribution in [0.15, 0.2) is 32.5 Å². The second-order valence-corrected chi connectivity index (χ2v) is 12.5. The highest BCUT2D eigenvalue weighted by molar-refractivity contribution is 9.10. The lowest BCUT2D eigenvalue weighted by atomic mass is 10.1. The molecule has 0 spiro atoms. The number of sulfonamides is 1. The first-order chi connectivity index (χ1) is 13.0. The van der Waals surface area contributed by atoms with Crippen molar-refractivity contribution >= 4 is 35.8 Å². The van der Waals surface area contributed by atoms with Crippen molar-refractivity contribution in [2.75, 3.05) is 32.4 Å². The van der Waals surface area contributed by atoms with Crippen LogP contribution in [0, 0.1) is 0 Å². The minimum Gasteiger partial charge on any atom is -0.373 e. The topological polar surface area (TPSA) is 84.0 Å². The molecule has 2 aliphatic rings. The molecule has 0 N–H and O–H groups in total. The predicted octanol–water partition coefficient (Wildman–Crippen LogP) is 2.11.